The molecule has 0 unspecified atom stereocenters. The van der Waals surface area contributed by atoms with E-state index in [0.29, 0.717) is 0 Å². The van der Waals surface area contributed by atoms with E-state index in [1.165, 1.54) is 27.9 Å². The van der Waals surface area contributed by atoms with Gasteiger partial charge < -0.3 is 19.7 Å². The highest BCUT2D eigenvalue weighted by Gasteiger charge is 2.21. The van der Waals surface area contributed by atoms with Crippen LogP contribution in [0.1, 0.15) is 28.7 Å². The molecule has 0 spiro atoms. The molecule has 3 heterocycles. The van der Waals surface area contributed by atoms with Gasteiger partial charge in [-0.05, 0) is 47.7 Å². The minimum absolute atomic E-state index is 0.766. The van der Waals surface area contributed by atoms with Crippen molar-refractivity contribution >= 4 is 5.69 Å². The summed E-state index contributed by atoms with van der Waals surface area (Å²) in [5.41, 5.74) is 7.05. The van der Waals surface area contributed by atoms with Gasteiger partial charge in [0.15, 0.2) is 0 Å². The molecule has 5 rings (SSSR count). The molecule has 2 aromatic carbocycles. The maximum Gasteiger partial charge on any atom is 0.119 e. The van der Waals surface area contributed by atoms with Gasteiger partial charge in [0.1, 0.15) is 5.75 Å². The van der Waals surface area contributed by atoms with Gasteiger partial charge in [0, 0.05) is 57.1 Å². The van der Waals surface area contributed by atoms with Gasteiger partial charge in [-0.25, -0.2) is 0 Å². The van der Waals surface area contributed by atoms with Crippen LogP contribution < -0.4 is 15.0 Å². The number of hydrogen-bond donors (Lipinski definition) is 1. The minimum atomic E-state index is 0.766. The number of piperazine rings is 1. The van der Waals surface area contributed by atoms with Crippen molar-refractivity contribution in [3.05, 3.63) is 58.7 Å². The summed E-state index contributed by atoms with van der Waals surface area (Å²) in [5.74, 6) is 1.01. The number of ether oxygens (including phenoxy) is 2. The van der Waals surface area contributed by atoms with Gasteiger partial charge in [0.2, 0.25) is 0 Å². The first-order chi connectivity index (χ1) is 14.4. The van der Waals surface area contributed by atoms with E-state index >= 15 is 0 Å². The zero-order valence-electron chi connectivity index (χ0n) is 17.2. The molecule has 3 aliphatic heterocycles. The van der Waals surface area contributed by atoms with Crippen LogP contribution in [-0.2, 0) is 30.9 Å². The van der Waals surface area contributed by atoms with Gasteiger partial charge >= 0.3 is 0 Å². The molecule has 1 N–H and O–H groups in total. The summed E-state index contributed by atoms with van der Waals surface area (Å²) in [6.07, 6.45) is 2.12. The molecule has 0 atom stereocenters. The Labute approximate surface area is 173 Å². The van der Waals surface area contributed by atoms with Crippen LogP contribution in [0.15, 0.2) is 36.4 Å². The van der Waals surface area contributed by atoms with Crippen molar-refractivity contribution in [2.45, 2.75) is 32.5 Å². The SMILES string of the molecule is c1cc2c(c(N3CCN(CCCOc4ccc5c(c4)CNC5)CC3)c1)COCC2. The lowest BCUT2D eigenvalue weighted by atomic mass is 10.0. The maximum atomic E-state index is 6.00. The van der Waals surface area contributed by atoms with E-state index in [2.05, 4.69) is 51.5 Å². The number of benzene rings is 2. The fourth-order valence-corrected chi connectivity index (χ4v) is 4.73. The van der Waals surface area contributed by atoms with Gasteiger partial charge in [-0.3, -0.25) is 4.90 Å². The molecule has 0 amide bonds. The van der Waals surface area contributed by atoms with E-state index in [4.69, 9.17) is 9.47 Å². The smallest absolute Gasteiger partial charge is 0.119 e. The molecule has 0 saturated carbocycles. The molecule has 1 fully saturated rings. The monoisotopic (exact) mass is 393 g/mol. The zero-order valence-corrected chi connectivity index (χ0v) is 17.2. The van der Waals surface area contributed by atoms with Crippen LogP contribution >= 0.6 is 0 Å². The molecule has 0 aromatic heterocycles. The lowest BCUT2D eigenvalue weighted by Crippen LogP contribution is -2.47. The molecule has 3 aliphatic rings. The van der Waals surface area contributed by atoms with Crippen molar-refractivity contribution in [3.63, 3.8) is 0 Å². The fourth-order valence-electron chi connectivity index (χ4n) is 4.73. The number of anilines is 1. The molecule has 0 aliphatic carbocycles. The second-order valence-electron chi connectivity index (χ2n) is 8.28. The summed E-state index contributed by atoms with van der Waals surface area (Å²) in [5, 5.41) is 3.38. The van der Waals surface area contributed by atoms with Crippen molar-refractivity contribution in [2.24, 2.45) is 0 Å². The van der Waals surface area contributed by atoms with Gasteiger partial charge in [0.25, 0.3) is 0 Å². The van der Waals surface area contributed by atoms with E-state index in [1.54, 1.807) is 0 Å². The molecule has 1 saturated heterocycles. The minimum Gasteiger partial charge on any atom is -0.494 e. The highest BCUT2D eigenvalue weighted by atomic mass is 16.5. The zero-order chi connectivity index (χ0) is 19.5. The maximum absolute atomic E-state index is 6.00. The average molecular weight is 394 g/mol. The number of hydrogen-bond acceptors (Lipinski definition) is 5. The van der Waals surface area contributed by atoms with E-state index in [9.17, 15) is 0 Å². The van der Waals surface area contributed by atoms with Crippen LogP contribution in [0.2, 0.25) is 0 Å². The van der Waals surface area contributed by atoms with Crippen molar-refractivity contribution in [3.8, 4) is 5.75 Å². The van der Waals surface area contributed by atoms with E-state index in [0.717, 1.165) is 84.2 Å². The van der Waals surface area contributed by atoms with Crippen LogP contribution in [-0.4, -0.2) is 50.8 Å². The molecule has 0 bridgehead atoms. The molecule has 5 nitrogen and oxygen atoms in total. The predicted molar refractivity (Wildman–Crippen MR) is 116 cm³/mol. The second kappa shape index (κ2) is 8.74. The normalized spacial score (nSPS) is 19.1. The predicted octanol–water partition coefficient (Wildman–Crippen LogP) is 2.95. The summed E-state index contributed by atoms with van der Waals surface area (Å²) in [7, 11) is 0. The van der Waals surface area contributed by atoms with E-state index < -0.39 is 0 Å². The standard InChI is InChI=1S/C24H31N3O2/c1-3-19-7-14-28-18-23(19)24(4-1)27-11-9-26(10-12-27)8-2-13-29-22-6-5-20-16-25-17-21(20)15-22/h1,3-6,15,25H,2,7-14,16-18H2. The molecule has 2 aromatic rings. The van der Waals surface area contributed by atoms with Gasteiger partial charge in [-0.1, -0.05) is 18.2 Å². The van der Waals surface area contributed by atoms with Crippen LogP contribution in [0.3, 0.4) is 0 Å². The van der Waals surface area contributed by atoms with Crippen molar-refractivity contribution in [1.82, 2.24) is 10.2 Å². The summed E-state index contributed by atoms with van der Waals surface area (Å²) >= 11 is 0. The Kier molecular flexibility index (Phi) is 5.70. The van der Waals surface area contributed by atoms with Crippen molar-refractivity contribution in [1.29, 1.82) is 0 Å². The Balaban J connectivity index is 1.07. The summed E-state index contributed by atoms with van der Waals surface area (Å²) < 4.78 is 11.7. The first-order valence-corrected chi connectivity index (χ1v) is 11.0. The molecular weight excluding hydrogens is 362 g/mol. The Morgan fingerprint density at radius 3 is 2.79 bits per heavy atom. The number of nitrogens with one attached hydrogen (secondary N) is 1. The summed E-state index contributed by atoms with van der Waals surface area (Å²) in [6.45, 7) is 9.89. The Morgan fingerprint density at radius 1 is 0.966 bits per heavy atom. The highest BCUT2D eigenvalue weighted by Crippen LogP contribution is 2.29. The lowest BCUT2D eigenvalue weighted by molar-refractivity contribution is 0.111. The first kappa shape index (κ1) is 18.9. The van der Waals surface area contributed by atoms with Crippen LogP contribution in [0, 0.1) is 0 Å². The van der Waals surface area contributed by atoms with Crippen LogP contribution in [0.4, 0.5) is 5.69 Å². The summed E-state index contributed by atoms with van der Waals surface area (Å²) in [4.78, 5) is 5.11. The molecule has 29 heavy (non-hydrogen) atoms. The Hall–Kier alpha value is -2.08. The topological polar surface area (TPSA) is 37.0 Å². The highest BCUT2D eigenvalue weighted by molar-refractivity contribution is 5.57. The fraction of sp³-hybridized carbons (Fsp3) is 0.500. The molecule has 0 radical (unpaired) electrons. The Morgan fingerprint density at radius 2 is 1.86 bits per heavy atom. The Bertz CT molecular complexity index is 846. The number of nitrogens with zero attached hydrogens (tertiary/aromatic N) is 2. The van der Waals surface area contributed by atoms with Gasteiger partial charge in [-0.2, -0.15) is 0 Å². The first-order valence-electron chi connectivity index (χ1n) is 11.0. The average Bonchev–Trinajstić information content (AvgIpc) is 3.25. The van der Waals surface area contributed by atoms with Crippen molar-refractivity contribution < 1.29 is 9.47 Å². The van der Waals surface area contributed by atoms with E-state index in [1.807, 2.05) is 0 Å². The van der Waals surface area contributed by atoms with Gasteiger partial charge in [-0.15, -0.1) is 0 Å². The quantitative estimate of drug-likeness (QED) is 0.764. The third-order valence-electron chi connectivity index (χ3n) is 6.42. The number of fused-ring (bicyclic) bond motifs is 2. The van der Waals surface area contributed by atoms with E-state index in [-0.39, 0.29) is 0 Å². The van der Waals surface area contributed by atoms with Crippen molar-refractivity contribution in [2.75, 3.05) is 50.8 Å². The van der Waals surface area contributed by atoms with Crippen LogP contribution in [0.5, 0.6) is 5.75 Å². The third kappa shape index (κ3) is 4.27. The summed E-state index contributed by atoms with van der Waals surface area (Å²) in [6, 6.07) is 13.2. The lowest BCUT2D eigenvalue weighted by Gasteiger charge is -2.37. The van der Waals surface area contributed by atoms with Gasteiger partial charge in [0.05, 0.1) is 19.8 Å². The second-order valence-corrected chi connectivity index (χ2v) is 8.28. The number of rotatable bonds is 6. The van der Waals surface area contributed by atoms with Crippen LogP contribution in [0.25, 0.3) is 0 Å². The third-order valence-corrected chi connectivity index (χ3v) is 6.42. The molecular formula is C24H31N3O2. The largest absolute Gasteiger partial charge is 0.494 e. The molecule has 154 valence electrons. The molecule has 5 heteroatoms.